The fourth-order valence-corrected chi connectivity index (χ4v) is 2.94. The van der Waals surface area contributed by atoms with Gasteiger partial charge in [-0.25, -0.2) is 9.66 Å². The molecule has 1 amide bonds. The van der Waals surface area contributed by atoms with Gasteiger partial charge in [0.2, 0.25) is 0 Å². The zero-order chi connectivity index (χ0) is 18.0. The molecular formula is C21H23N3O. The van der Waals surface area contributed by atoms with Gasteiger partial charge in [-0.1, -0.05) is 36.2 Å². The Bertz CT molecular complexity index is 887. The molecule has 0 fully saturated rings. The highest BCUT2D eigenvalue weighted by Crippen LogP contribution is 2.21. The molecular weight excluding hydrogens is 310 g/mol. The molecule has 2 aromatic carbocycles. The molecule has 0 saturated heterocycles. The highest BCUT2D eigenvalue weighted by molar-refractivity contribution is 6.00. The number of hydrogen-bond acceptors (Lipinski definition) is 2. The molecule has 4 heteroatoms. The second kappa shape index (κ2) is 6.93. The topological polar surface area (TPSA) is 46.9 Å². The standard InChI is InChI=1S/C21H23N3O/c1-5-17-6-8-18(9-7-17)21(25)23-24-16(4)13-22-20(24)19-11-14(2)10-15(3)12-19/h6-13H,5H2,1-4H3,(H,23,25). The van der Waals surface area contributed by atoms with Crippen molar-refractivity contribution in [1.29, 1.82) is 0 Å². The summed E-state index contributed by atoms with van der Waals surface area (Å²) in [6, 6.07) is 14.0. The summed E-state index contributed by atoms with van der Waals surface area (Å²) in [5.74, 6) is 0.595. The Kier molecular flexibility index (Phi) is 4.70. The van der Waals surface area contributed by atoms with Crippen LogP contribution in [0.4, 0.5) is 0 Å². The molecule has 25 heavy (non-hydrogen) atoms. The number of carbonyl (C=O) groups is 1. The smallest absolute Gasteiger partial charge is 0.267 e. The molecule has 0 aliphatic heterocycles. The number of hydrogen-bond donors (Lipinski definition) is 1. The summed E-state index contributed by atoms with van der Waals surface area (Å²) in [5.41, 5.74) is 9.03. The second-order valence-electron chi connectivity index (χ2n) is 6.43. The van der Waals surface area contributed by atoms with E-state index in [4.69, 9.17) is 0 Å². The van der Waals surface area contributed by atoms with Gasteiger partial charge in [-0.15, -0.1) is 0 Å². The lowest BCUT2D eigenvalue weighted by molar-refractivity contribution is 0.101. The normalized spacial score (nSPS) is 10.7. The van der Waals surface area contributed by atoms with Crippen LogP contribution in [0, 0.1) is 20.8 Å². The van der Waals surface area contributed by atoms with Crippen molar-refractivity contribution in [2.24, 2.45) is 0 Å². The van der Waals surface area contributed by atoms with Gasteiger partial charge in [0, 0.05) is 11.1 Å². The van der Waals surface area contributed by atoms with Crippen LogP contribution in [0.3, 0.4) is 0 Å². The minimum Gasteiger partial charge on any atom is -0.267 e. The molecule has 0 saturated carbocycles. The summed E-state index contributed by atoms with van der Waals surface area (Å²) in [5, 5.41) is 0. The Balaban J connectivity index is 1.92. The first-order valence-corrected chi connectivity index (χ1v) is 8.51. The van der Waals surface area contributed by atoms with Crippen molar-refractivity contribution < 1.29 is 4.79 Å². The van der Waals surface area contributed by atoms with E-state index in [1.807, 2.05) is 31.2 Å². The highest BCUT2D eigenvalue weighted by atomic mass is 16.2. The molecule has 0 aliphatic rings. The van der Waals surface area contributed by atoms with Crippen molar-refractivity contribution in [2.75, 3.05) is 5.43 Å². The van der Waals surface area contributed by atoms with Crippen molar-refractivity contribution in [3.63, 3.8) is 0 Å². The van der Waals surface area contributed by atoms with E-state index in [9.17, 15) is 4.79 Å². The van der Waals surface area contributed by atoms with Crippen molar-refractivity contribution in [2.45, 2.75) is 34.1 Å². The summed E-state index contributed by atoms with van der Waals surface area (Å²) in [6.07, 6.45) is 2.73. The largest absolute Gasteiger partial charge is 0.270 e. The van der Waals surface area contributed by atoms with E-state index in [1.165, 1.54) is 16.7 Å². The van der Waals surface area contributed by atoms with E-state index in [0.29, 0.717) is 5.56 Å². The molecule has 0 radical (unpaired) electrons. The number of amides is 1. The SMILES string of the molecule is CCc1ccc(C(=O)Nn2c(C)cnc2-c2cc(C)cc(C)c2)cc1. The Labute approximate surface area is 148 Å². The van der Waals surface area contributed by atoms with Crippen LogP contribution in [0.2, 0.25) is 0 Å². The van der Waals surface area contributed by atoms with Crippen LogP contribution in [-0.2, 0) is 6.42 Å². The van der Waals surface area contributed by atoms with Gasteiger partial charge in [0.1, 0.15) is 0 Å². The molecule has 0 spiro atoms. The summed E-state index contributed by atoms with van der Waals surface area (Å²) in [4.78, 5) is 17.1. The molecule has 0 atom stereocenters. The lowest BCUT2D eigenvalue weighted by Gasteiger charge is -2.13. The zero-order valence-corrected chi connectivity index (χ0v) is 15.1. The Morgan fingerprint density at radius 3 is 2.28 bits per heavy atom. The number of benzene rings is 2. The van der Waals surface area contributed by atoms with Gasteiger partial charge in [0.05, 0.1) is 11.9 Å². The Morgan fingerprint density at radius 1 is 1.04 bits per heavy atom. The van der Waals surface area contributed by atoms with E-state index in [1.54, 1.807) is 10.9 Å². The van der Waals surface area contributed by atoms with Gasteiger partial charge in [0.15, 0.2) is 5.82 Å². The third kappa shape index (κ3) is 3.63. The highest BCUT2D eigenvalue weighted by Gasteiger charge is 2.14. The molecule has 4 nitrogen and oxygen atoms in total. The lowest BCUT2D eigenvalue weighted by atomic mass is 10.1. The first-order chi connectivity index (χ1) is 12.0. The number of rotatable bonds is 4. The van der Waals surface area contributed by atoms with Gasteiger partial charge < -0.3 is 0 Å². The summed E-state index contributed by atoms with van der Waals surface area (Å²) in [6.45, 7) is 8.15. The third-order valence-electron chi connectivity index (χ3n) is 4.26. The van der Waals surface area contributed by atoms with Gasteiger partial charge >= 0.3 is 0 Å². The first-order valence-electron chi connectivity index (χ1n) is 8.51. The van der Waals surface area contributed by atoms with E-state index in [2.05, 4.69) is 49.4 Å². The second-order valence-corrected chi connectivity index (χ2v) is 6.43. The number of carbonyl (C=O) groups excluding carboxylic acids is 1. The molecule has 1 aromatic heterocycles. The maximum Gasteiger partial charge on any atom is 0.270 e. The molecule has 1 N–H and O–H groups in total. The number of aryl methyl sites for hydroxylation is 4. The van der Waals surface area contributed by atoms with E-state index in [0.717, 1.165) is 23.5 Å². The number of nitrogens with zero attached hydrogens (tertiary/aromatic N) is 2. The van der Waals surface area contributed by atoms with Crippen LogP contribution >= 0.6 is 0 Å². The summed E-state index contributed by atoms with van der Waals surface area (Å²) >= 11 is 0. The monoisotopic (exact) mass is 333 g/mol. The van der Waals surface area contributed by atoms with Crippen molar-refractivity contribution in [1.82, 2.24) is 9.66 Å². The van der Waals surface area contributed by atoms with Crippen LogP contribution in [0.1, 0.15) is 39.7 Å². The molecule has 0 unspecified atom stereocenters. The van der Waals surface area contributed by atoms with Crippen molar-refractivity contribution >= 4 is 5.91 Å². The molecule has 3 rings (SSSR count). The van der Waals surface area contributed by atoms with Crippen LogP contribution in [0.15, 0.2) is 48.7 Å². The van der Waals surface area contributed by atoms with E-state index >= 15 is 0 Å². The molecule has 0 aliphatic carbocycles. The van der Waals surface area contributed by atoms with Crippen LogP contribution in [0.5, 0.6) is 0 Å². The minimum atomic E-state index is -0.144. The third-order valence-corrected chi connectivity index (χ3v) is 4.26. The first kappa shape index (κ1) is 17.0. The average molecular weight is 333 g/mol. The van der Waals surface area contributed by atoms with Crippen molar-refractivity contribution in [3.05, 3.63) is 76.6 Å². The fourth-order valence-electron chi connectivity index (χ4n) is 2.94. The average Bonchev–Trinajstić information content (AvgIpc) is 2.95. The van der Waals surface area contributed by atoms with Crippen LogP contribution < -0.4 is 5.43 Å². The van der Waals surface area contributed by atoms with Gasteiger partial charge in [-0.05, 0) is 57.0 Å². The number of nitrogens with one attached hydrogen (secondary N) is 1. The number of imidazole rings is 1. The summed E-state index contributed by atoms with van der Waals surface area (Å²) in [7, 11) is 0. The van der Waals surface area contributed by atoms with Crippen LogP contribution in [0.25, 0.3) is 11.4 Å². The van der Waals surface area contributed by atoms with E-state index in [-0.39, 0.29) is 5.91 Å². The minimum absolute atomic E-state index is 0.144. The Hall–Kier alpha value is -2.88. The molecule has 3 aromatic rings. The van der Waals surface area contributed by atoms with Crippen LogP contribution in [-0.4, -0.2) is 15.6 Å². The van der Waals surface area contributed by atoms with Gasteiger partial charge in [-0.2, -0.15) is 0 Å². The molecule has 0 bridgehead atoms. The maximum atomic E-state index is 12.6. The number of aromatic nitrogens is 2. The van der Waals surface area contributed by atoms with Gasteiger partial charge in [0.25, 0.3) is 5.91 Å². The van der Waals surface area contributed by atoms with Gasteiger partial charge in [-0.3, -0.25) is 10.2 Å². The lowest BCUT2D eigenvalue weighted by Crippen LogP contribution is -2.24. The zero-order valence-electron chi connectivity index (χ0n) is 15.1. The molecule has 1 heterocycles. The predicted molar refractivity (Wildman–Crippen MR) is 101 cm³/mol. The quantitative estimate of drug-likeness (QED) is 0.768. The predicted octanol–water partition coefficient (Wildman–Crippen LogP) is 4.42. The Morgan fingerprint density at radius 2 is 1.68 bits per heavy atom. The van der Waals surface area contributed by atoms with E-state index < -0.39 is 0 Å². The fraction of sp³-hybridized carbons (Fsp3) is 0.238. The summed E-state index contributed by atoms with van der Waals surface area (Å²) < 4.78 is 1.75. The maximum absolute atomic E-state index is 12.6. The van der Waals surface area contributed by atoms with Crippen molar-refractivity contribution in [3.8, 4) is 11.4 Å². The molecule has 128 valence electrons.